The second-order valence-corrected chi connectivity index (χ2v) is 5.20. The Morgan fingerprint density at radius 3 is 2.95 bits per heavy atom. The summed E-state index contributed by atoms with van der Waals surface area (Å²) in [4.78, 5) is 14.4. The van der Waals surface area contributed by atoms with E-state index in [9.17, 15) is 10.1 Å². The fraction of sp³-hybridized carbons (Fsp3) is 0.500. The summed E-state index contributed by atoms with van der Waals surface area (Å²) in [7, 11) is 0. The number of amides is 1. The monoisotopic (exact) mass is 256 g/mol. The molecular weight excluding hydrogens is 236 g/mol. The van der Waals surface area contributed by atoms with E-state index in [1.54, 1.807) is 0 Å². The zero-order valence-corrected chi connectivity index (χ0v) is 11.6. The molecule has 2 rings (SSSR count). The van der Waals surface area contributed by atoms with E-state index in [0.29, 0.717) is 6.42 Å². The van der Waals surface area contributed by atoms with E-state index in [1.165, 1.54) is 5.56 Å². The minimum absolute atomic E-state index is 0.0380. The largest absolute Gasteiger partial charge is 0.308 e. The second kappa shape index (κ2) is 5.88. The Bertz CT molecular complexity index is 504. The molecule has 1 aliphatic heterocycles. The van der Waals surface area contributed by atoms with E-state index < -0.39 is 5.92 Å². The van der Waals surface area contributed by atoms with E-state index >= 15 is 0 Å². The van der Waals surface area contributed by atoms with Crippen molar-refractivity contribution in [3.05, 3.63) is 29.8 Å². The molecule has 2 atom stereocenters. The Morgan fingerprint density at radius 2 is 2.26 bits per heavy atom. The summed E-state index contributed by atoms with van der Waals surface area (Å²) in [6.07, 6.45) is 3.47. The highest BCUT2D eigenvalue weighted by Gasteiger charge is 2.32. The molecule has 1 amide bonds. The van der Waals surface area contributed by atoms with Crippen LogP contribution in [-0.2, 0) is 11.2 Å². The van der Waals surface area contributed by atoms with Crippen LogP contribution < -0.4 is 4.90 Å². The fourth-order valence-corrected chi connectivity index (χ4v) is 2.72. The Morgan fingerprint density at radius 1 is 1.53 bits per heavy atom. The van der Waals surface area contributed by atoms with Gasteiger partial charge in [-0.05, 0) is 37.8 Å². The third kappa shape index (κ3) is 2.63. The maximum absolute atomic E-state index is 12.6. The summed E-state index contributed by atoms with van der Waals surface area (Å²) < 4.78 is 0. The smallest absolute Gasteiger partial charge is 0.244 e. The number of hydrogen-bond donors (Lipinski definition) is 0. The number of carbonyl (C=O) groups excluding carboxylic acids is 1. The van der Waals surface area contributed by atoms with Gasteiger partial charge in [0.25, 0.3) is 0 Å². The van der Waals surface area contributed by atoms with Crippen molar-refractivity contribution in [3.63, 3.8) is 0 Å². The van der Waals surface area contributed by atoms with Crippen LogP contribution in [0.2, 0.25) is 0 Å². The first-order chi connectivity index (χ1) is 9.19. The third-order valence-corrected chi connectivity index (χ3v) is 3.79. The lowest BCUT2D eigenvalue weighted by Crippen LogP contribution is -2.45. The van der Waals surface area contributed by atoms with Crippen molar-refractivity contribution in [2.75, 3.05) is 4.90 Å². The molecule has 1 heterocycles. The van der Waals surface area contributed by atoms with Crippen molar-refractivity contribution in [1.82, 2.24) is 0 Å². The van der Waals surface area contributed by atoms with E-state index in [-0.39, 0.29) is 11.9 Å². The van der Waals surface area contributed by atoms with Crippen LogP contribution in [0, 0.1) is 17.2 Å². The molecule has 1 aromatic rings. The van der Waals surface area contributed by atoms with Crippen LogP contribution in [0.25, 0.3) is 0 Å². The average Bonchev–Trinajstić information content (AvgIpc) is 2.44. The number of rotatable bonds is 3. The molecule has 3 heteroatoms. The molecule has 0 bridgehead atoms. The van der Waals surface area contributed by atoms with Crippen LogP contribution in [0.1, 0.15) is 38.7 Å². The molecule has 100 valence electrons. The summed E-state index contributed by atoms with van der Waals surface area (Å²) in [6.45, 7) is 4.07. The van der Waals surface area contributed by atoms with Gasteiger partial charge in [-0.1, -0.05) is 31.5 Å². The van der Waals surface area contributed by atoms with Crippen molar-refractivity contribution in [1.29, 1.82) is 5.26 Å². The summed E-state index contributed by atoms with van der Waals surface area (Å²) >= 11 is 0. The number of hydrogen-bond acceptors (Lipinski definition) is 2. The second-order valence-electron chi connectivity index (χ2n) is 5.20. The van der Waals surface area contributed by atoms with Gasteiger partial charge < -0.3 is 4.90 Å². The lowest BCUT2D eigenvalue weighted by molar-refractivity contribution is -0.121. The maximum Gasteiger partial charge on any atom is 0.244 e. The summed E-state index contributed by atoms with van der Waals surface area (Å²) in [5, 5.41) is 9.19. The van der Waals surface area contributed by atoms with E-state index in [0.717, 1.165) is 24.9 Å². The number of nitrogens with zero attached hydrogens (tertiary/aromatic N) is 2. The zero-order valence-electron chi connectivity index (χ0n) is 11.6. The number of benzene rings is 1. The van der Waals surface area contributed by atoms with Gasteiger partial charge in [0.2, 0.25) is 5.91 Å². The van der Waals surface area contributed by atoms with Crippen LogP contribution in [0.15, 0.2) is 24.3 Å². The first-order valence-electron chi connectivity index (χ1n) is 6.99. The average molecular weight is 256 g/mol. The molecule has 0 radical (unpaired) electrons. The fourth-order valence-electron chi connectivity index (χ4n) is 2.72. The number of anilines is 1. The lowest BCUT2D eigenvalue weighted by Gasteiger charge is -2.36. The van der Waals surface area contributed by atoms with Crippen molar-refractivity contribution in [2.24, 2.45) is 5.92 Å². The molecule has 0 spiro atoms. The number of carbonyl (C=O) groups is 1. The van der Waals surface area contributed by atoms with Gasteiger partial charge in [-0.25, -0.2) is 0 Å². The maximum atomic E-state index is 12.6. The van der Waals surface area contributed by atoms with Gasteiger partial charge in [0.1, 0.15) is 5.92 Å². The minimum Gasteiger partial charge on any atom is -0.308 e. The number of nitriles is 1. The summed E-state index contributed by atoms with van der Waals surface area (Å²) in [5.74, 6) is -0.553. The summed E-state index contributed by atoms with van der Waals surface area (Å²) in [5.41, 5.74) is 2.20. The molecule has 1 aliphatic rings. The zero-order chi connectivity index (χ0) is 13.8. The van der Waals surface area contributed by atoms with Crippen molar-refractivity contribution < 1.29 is 4.79 Å². The van der Waals surface area contributed by atoms with Crippen LogP contribution in [0.3, 0.4) is 0 Å². The van der Waals surface area contributed by atoms with Crippen LogP contribution in [0.4, 0.5) is 5.69 Å². The Kier molecular flexibility index (Phi) is 4.21. The number of para-hydroxylation sites is 1. The van der Waals surface area contributed by atoms with E-state index in [2.05, 4.69) is 19.1 Å². The quantitative estimate of drug-likeness (QED) is 0.833. The highest BCUT2D eigenvalue weighted by atomic mass is 16.2. The third-order valence-electron chi connectivity index (χ3n) is 3.79. The standard InChI is InChI=1S/C16H20N2O/c1-3-6-14(11-17)16(19)18-12(2)9-10-13-7-4-5-8-15(13)18/h4-5,7-8,12,14H,3,6,9-10H2,1-2H3. The Labute approximate surface area is 114 Å². The molecule has 0 aliphatic carbocycles. The molecule has 0 aromatic heterocycles. The van der Waals surface area contributed by atoms with Crippen LogP contribution in [-0.4, -0.2) is 11.9 Å². The predicted molar refractivity (Wildman–Crippen MR) is 75.7 cm³/mol. The van der Waals surface area contributed by atoms with Crippen molar-refractivity contribution in [2.45, 2.75) is 45.6 Å². The molecule has 0 fully saturated rings. The van der Waals surface area contributed by atoms with Crippen molar-refractivity contribution >= 4 is 11.6 Å². The molecule has 0 saturated carbocycles. The van der Waals surface area contributed by atoms with Crippen molar-refractivity contribution in [3.8, 4) is 6.07 Å². The van der Waals surface area contributed by atoms with E-state index in [1.807, 2.05) is 30.0 Å². The topological polar surface area (TPSA) is 44.1 Å². The SMILES string of the molecule is CCCC(C#N)C(=O)N1c2ccccc2CCC1C. The van der Waals surface area contributed by atoms with Gasteiger partial charge in [0, 0.05) is 11.7 Å². The molecule has 3 nitrogen and oxygen atoms in total. The lowest BCUT2D eigenvalue weighted by atomic mass is 9.94. The Balaban J connectivity index is 2.33. The molecule has 0 saturated heterocycles. The number of fused-ring (bicyclic) bond motifs is 1. The highest BCUT2D eigenvalue weighted by molar-refractivity contribution is 5.98. The number of aryl methyl sites for hydroxylation is 1. The molecule has 0 N–H and O–H groups in total. The van der Waals surface area contributed by atoms with Gasteiger partial charge in [0.05, 0.1) is 6.07 Å². The first kappa shape index (κ1) is 13.6. The molecule has 1 aromatic carbocycles. The summed E-state index contributed by atoms with van der Waals surface area (Å²) in [6, 6.07) is 10.4. The van der Waals surface area contributed by atoms with Gasteiger partial charge >= 0.3 is 0 Å². The molecule has 2 unspecified atom stereocenters. The first-order valence-corrected chi connectivity index (χ1v) is 6.99. The molecular formula is C16H20N2O. The highest BCUT2D eigenvalue weighted by Crippen LogP contribution is 2.32. The van der Waals surface area contributed by atoms with E-state index in [4.69, 9.17) is 0 Å². The van der Waals surface area contributed by atoms with Gasteiger partial charge in [-0.15, -0.1) is 0 Å². The molecule has 19 heavy (non-hydrogen) atoms. The normalized spacial score (nSPS) is 19.4. The van der Waals surface area contributed by atoms with Crippen LogP contribution >= 0.6 is 0 Å². The van der Waals surface area contributed by atoms with Gasteiger partial charge in [-0.3, -0.25) is 4.79 Å². The Hall–Kier alpha value is -1.82. The predicted octanol–water partition coefficient (Wildman–Crippen LogP) is 3.29. The van der Waals surface area contributed by atoms with Gasteiger partial charge in [0.15, 0.2) is 0 Å². The van der Waals surface area contributed by atoms with Gasteiger partial charge in [-0.2, -0.15) is 5.26 Å². The minimum atomic E-state index is -0.515. The van der Waals surface area contributed by atoms with Crippen LogP contribution in [0.5, 0.6) is 0 Å².